The van der Waals surface area contributed by atoms with E-state index in [0.29, 0.717) is 11.2 Å². The maximum Gasteiger partial charge on any atom is 0.249 e. The lowest BCUT2D eigenvalue weighted by Crippen LogP contribution is -2.12. The fourth-order valence-electron chi connectivity index (χ4n) is 2.71. The lowest BCUT2D eigenvalue weighted by molar-refractivity contribution is 0.100. The molecule has 0 bridgehead atoms. The molecule has 0 aliphatic carbocycles. The van der Waals surface area contributed by atoms with Gasteiger partial charge in [-0.3, -0.25) is 4.79 Å². The zero-order chi connectivity index (χ0) is 15.1. The van der Waals surface area contributed by atoms with E-state index in [0.717, 1.165) is 27.4 Å². The van der Waals surface area contributed by atoms with Crippen LogP contribution in [0.2, 0.25) is 0 Å². The zero-order valence-corrected chi connectivity index (χ0v) is 11.6. The molecule has 0 unspecified atom stereocenters. The van der Waals surface area contributed by atoms with Crippen molar-refractivity contribution >= 4 is 27.8 Å². The van der Waals surface area contributed by atoms with E-state index in [9.17, 15) is 4.79 Å². The van der Waals surface area contributed by atoms with E-state index in [1.54, 1.807) is 24.5 Å². The molecule has 1 amide bonds. The van der Waals surface area contributed by atoms with Crippen LogP contribution in [-0.2, 0) is 0 Å². The van der Waals surface area contributed by atoms with Crippen LogP contribution in [0.25, 0.3) is 33.1 Å². The number of nitrogens with two attached hydrogens (primary N) is 1. The molecule has 0 aliphatic rings. The molecule has 0 aliphatic heterocycles. The van der Waals surface area contributed by atoms with E-state index in [2.05, 4.69) is 15.0 Å². The molecule has 1 aromatic carbocycles. The van der Waals surface area contributed by atoms with Gasteiger partial charge in [-0.25, -0.2) is 9.97 Å². The van der Waals surface area contributed by atoms with Crippen molar-refractivity contribution in [3.05, 3.63) is 60.6 Å². The van der Waals surface area contributed by atoms with Crippen LogP contribution in [0, 0.1) is 0 Å². The van der Waals surface area contributed by atoms with Gasteiger partial charge in [0.25, 0.3) is 0 Å². The van der Waals surface area contributed by atoms with Crippen molar-refractivity contribution in [1.29, 1.82) is 0 Å². The van der Waals surface area contributed by atoms with E-state index >= 15 is 0 Å². The number of hydrogen-bond donors (Lipinski definition) is 2. The van der Waals surface area contributed by atoms with Crippen LogP contribution in [0.15, 0.2) is 55.0 Å². The predicted molar refractivity (Wildman–Crippen MR) is 85.3 cm³/mol. The number of carbonyl (C=O) groups is 1. The van der Waals surface area contributed by atoms with Crippen molar-refractivity contribution < 1.29 is 4.79 Å². The van der Waals surface area contributed by atoms with Gasteiger partial charge in [-0.05, 0) is 29.3 Å². The monoisotopic (exact) mass is 288 g/mol. The summed E-state index contributed by atoms with van der Waals surface area (Å²) in [5.74, 6) is -0.440. The van der Waals surface area contributed by atoms with Gasteiger partial charge < -0.3 is 10.7 Å². The summed E-state index contributed by atoms with van der Waals surface area (Å²) >= 11 is 0. The minimum Gasteiger partial charge on any atom is -0.366 e. The highest BCUT2D eigenvalue weighted by atomic mass is 16.1. The molecule has 3 aromatic heterocycles. The number of H-pyrrole nitrogens is 1. The number of aromatic amines is 1. The van der Waals surface area contributed by atoms with Crippen molar-refractivity contribution in [2.24, 2.45) is 5.73 Å². The summed E-state index contributed by atoms with van der Waals surface area (Å²) in [6.07, 6.45) is 5.38. The van der Waals surface area contributed by atoms with Gasteiger partial charge in [-0.2, -0.15) is 0 Å². The Balaban J connectivity index is 1.97. The molecule has 4 aromatic rings. The Morgan fingerprint density at radius 2 is 2.00 bits per heavy atom. The molecular formula is C17H12N4O. The summed E-state index contributed by atoms with van der Waals surface area (Å²) in [7, 11) is 0. The zero-order valence-electron chi connectivity index (χ0n) is 11.6. The van der Waals surface area contributed by atoms with Crippen LogP contribution in [0.5, 0.6) is 0 Å². The average molecular weight is 288 g/mol. The largest absolute Gasteiger partial charge is 0.366 e. The van der Waals surface area contributed by atoms with Crippen LogP contribution in [0.4, 0.5) is 0 Å². The third-order valence-electron chi connectivity index (χ3n) is 3.75. The molecule has 0 atom stereocenters. The normalized spacial score (nSPS) is 11.1. The summed E-state index contributed by atoms with van der Waals surface area (Å²) in [4.78, 5) is 23.4. The molecule has 3 N–H and O–H groups in total. The first-order chi connectivity index (χ1) is 10.7. The summed E-state index contributed by atoms with van der Waals surface area (Å²) in [6, 6.07) is 11.2. The predicted octanol–water partition coefficient (Wildman–Crippen LogP) is 2.88. The Bertz CT molecular complexity index is 1020. The maximum atomic E-state index is 11.6. The number of aromatic nitrogens is 3. The first-order valence-corrected chi connectivity index (χ1v) is 6.85. The number of rotatable bonds is 2. The summed E-state index contributed by atoms with van der Waals surface area (Å²) in [5, 5.41) is 1.93. The van der Waals surface area contributed by atoms with Crippen molar-refractivity contribution in [3.8, 4) is 11.1 Å². The van der Waals surface area contributed by atoms with Crippen molar-refractivity contribution in [1.82, 2.24) is 15.0 Å². The second kappa shape index (κ2) is 4.66. The second-order valence-corrected chi connectivity index (χ2v) is 5.07. The van der Waals surface area contributed by atoms with Crippen molar-refractivity contribution in [2.75, 3.05) is 0 Å². The molecule has 3 heterocycles. The van der Waals surface area contributed by atoms with E-state index < -0.39 is 5.91 Å². The number of nitrogens with zero attached hydrogens (tertiary/aromatic N) is 2. The summed E-state index contributed by atoms with van der Waals surface area (Å²) < 4.78 is 0. The van der Waals surface area contributed by atoms with Crippen LogP contribution >= 0.6 is 0 Å². The first kappa shape index (κ1) is 12.5. The third-order valence-corrected chi connectivity index (χ3v) is 3.75. The molecule has 0 fully saturated rings. The third kappa shape index (κ3) is 1.83. The van der Waals surface area contributed by atoms with E-state index in [-0.39, 0.29) is 0 Å². The van der Waals surface area contributed by atoms with Crippen molar-refractivity contribution in [3.63, 3.8) is 0 Å². The molecule has 0 spiro atoms. The highest BCUT2D eigenvalue weighted by Crippen LogP contribution is 2.28. The molecule has 22 heavy (non-hydrogen) atoms. The van der Waals surface area contributed by atoms with Crippen molar-refractivity contribution in [2.45, 2.75) is 0 Å². The van der Waals surface area contributed by atoms with Gasteiger partial charge in [-0.15, -0.1) is 0 Å². The van der Waals surface area contributed by atoms with Gasteiger partial charge in [0.2, 0.25) is 5.91 Å². The van der Waals surface area contributed by atoms with Gasteiger partial charge in [-0.1, -0.05) is 18.2 Å². The minimum atomic E-state index is -0.440. The van der Waals surface area contributed by atoms with Gasteiger partial charge in [0, 0.05) is 34.9 Å². The van der Waals surface area contributed by atoms with Gasteiger partial charge in [0.15, 0.2) is 5.65 Å². The molecule has 106 valence electrons. The smallest absolute Gasteiger partial charge is 0.249 e. The number of benzene rings is 1. The Labute approximate surface area is 125 Å². The summed E-state index contributed by atoms with van der Waals surface area (Å²) in [5.41, 5.74) is 9.34. The Morgan fingerprint density at radius 1 is 1.14 bits per heavy atom. The SMILES string of the molecule is NC(=O)c1ccccc1-c1c[nH]c2c(cnc3nccc32)c1. The number of nitrogens with one attached hydrogen (secondary N) is 1. The molecule has 5 nitrogen and oxygen atoms in total. The molecule has 0 saturated heterocycles. The highest BCUT2D eigenvalue weighted by Gasteiger charge is 2.11. The van der Waals surface area contributed by atoms with E-state index in [1.807, 2.05) is 30.5 Å². The van der Waals surface area contributed by atoms with Gasteiger partial charge in [0.1, 0.15) is 0 Å². The summed E-state index contributed by atoms with van der Waals surface area (Å²) in [6.45, 7) is 0. The lowest BCUT2D eigenvalue weighted by atomic mass is 9.99. The first-order valence-electron chi connectivity index (χ1n) is 6.85. The average Bonchev–Trinajstić information content (AvgIpc) is 3.03. The lowest BCUT2D eigenvalue weighted by Gasteiger charge is -2.08. The number of carbonyl (C=O) groups excluding carboxylic acids is 1. The second-order valence-electron chi connectivity index (χ2n) is 5.07. The quantitative estimate of drug-likeness (QED) is 0.594. The van der Waals surface area contributed by atoms with Gasteiger partial charge >= 0.3 is 0 Å². The minimum absolute atomic E-state index is 0.440. The Morgan fingerprint density at radius 3 is 2.86 bits per heavy atom. The number of fused-ring (bicyclic) bond motifs is 3. The Hall–Kier alpha value is -3.21. The molecule has 0 radical (unpaired) electrons. The fourth-order valence-corrected chi connectivity index (χ4v) is 2.71. The Kier molecular flexibility index (Phi) is 2.66. The van der Waals surface area contributed by atoms with Crippen LogP contribution in [0.3, 0.4) is 0 Å². The molecule has 5 heteroatoms. The molecule has 4 rings (SSSR count). The topological polar surface area (TPSA) is 84.7 Å². The number of hydrogen-bond acceptors (Lipinski definition) is 3. The van der Waals surface area contributed by atoms with Gasteiger partial charge in [0.05, 0.1) is 5.52 Å². The molecule has 0 saturated carbocycles. The number of primary amides is 1. The fraction of sp³-hybridized carbons (Fsp3) is 0. The van der Waals surface area contributed by atoms with Crippen LogP contribution in [-0.4, -0.2) is 20.9 Å². The number of amides is 1. The number of pyridine rings is 2. The van der Waals surface area contributed by atoms with Crippen LogP contribution < -0.4 is 5.73 Å². The van der Waals surface area contributed by atoms with E-state index in [4.69, 9.17) is 5.73 Å². The van der Waals surface area contributed by atoms with Crippen LogP contribution in [0.1, 0.15) is 10.4 Å². The highest BCUT2D eigenvalue weighted by molar-refractivity contribution is 6.04. The molecular weight excluding hydrogens is 276 g/mol. The standard InChI is InChI=1S/C17H12N4O/c18-16(22)13-4-2-1-3-12(13)10-7-11-9-21-17-14(5-6-19-17)15(11)20-8-10/h1-9,20H,(H2,18,22). The maximum absolute atomic E-state index is 11.6. The van der Waals surface area contributed by atoms with E-state index in [1.165, 1.54) is 0 Å².